The Morgan fingerprint density at radius 2 is 1.67 bits per heavy atom. The Morgan fingerprint density at radius 3 is 2.30 bits per heavy atom. The molecule has 0 unspecified atom stereocenters. The van der Waals surface area contributed by atoms with Gasteiger partial charge >= 0.3 is 0 Å². The molecule has 1 fully saturated rings. The van der Waals surface area contributed by atoms with Gasteiger partial charge in [-0.15, -0.1) is 0 Å². The average molecular weight is 455 g/mol. The minimum atomic E-state index is -3.41. The van der Waals surface area contributed by atoms with Gasteiger partial charge in [-0.1, -0.05) is 36.4 Å². The van der Waals surface area contributed by atoms with Gasteiger partial charge in [0.1, 0.15) is 5.82 Å². The maximum absolute atomic E-state index is 13.3. The van der Waals surface area contributed by atoms with Crippen LogP contribution in [0.4, 0.5) is 4.39 Å². The number of amides is 1. The molecule has 1 aliphatic heterocycles. The molecule has 1 aliphatic rings. The van der Waals surface area contributed by atoms with Crippen LogP contribution in [0.15, 0.2) is 53.0 Å². The normalized spacial score (nSPS) is 15.7. The first-order valence-corrected chi connectivity index (χ1v) is 11.0. The molecule has 0 bridgehead atoms. The molecule has 5 nitrogen and oxygen atoms in total. The van der Waals surface area contributed by atoms with E-state index in [0.29, 0.717) is 23.1 Å². The fourth-order valence-corrected chi connectivity index (χ4v) is 4.97. The Morgan fingerprint density at radius 1 is 1.00 bits per heavy atom. The Bertz CT molecular complexity index is 914. The summed E-state index contributed by atoms with van der Waals surface area (Å²) in [6.45, 7) is 1.28. The molecule has 3 rings (SSSR count). The summed E-state index contributed by atoms with van der Waals surface area (Å²) in [6.07, 6.45) is 0.162. The minimum Gasteiger partial charge on any atom is -0.340 e. The molecule has 0 saturated carbocycles. The van der Waals surface area contributed by atoms with Crippen molar-refractivity contribution < 1.29 is 17.6 Å². The average Bonchev–Trinajstić information content (AvgIpc) is 2.65. The largest absolute Gasteiger partial charge is 0.340 e. The van der Waals surface area contributed by atoms with Crippen molar-refractivity contribution in [1.82, 2.24) is 9.21 Å². The number of piperazine rings is 1. The second-order valence-corrected chi connectivity index (χ2v) is 9.27. The lowest BCUT2D eigenvalue weighted by Crippen LogP contribution is -2.51. The quantitative estimate of drug-likeness (QED) is 0.697. The molecule has 0 aromatic heterocycles. The summed E-state index contributed by atoms with van der Waals surface area (Å²) in [4.78, 5) is 14.1. The summed E-state index contributed by atoms with van der Waals surface area (Å²) in [5.41, 5.74) is 1.46. The van der Waals surface area contributed by atoms with Gasteiger partial charge in [-0.25, -0.2) is 12.8 Å². The number of sulfonamides is 1. The van der Waals surface area contributed by atoms with E-state index in [4.69, 9.17) is 0 Å². The van der Waals surface area contributed by atoms with E-state index in [2.05, 4.69) is 15.9 Å². The van der Waals surface area contributed by atoms with E-state index in [1.165, 1.54) is 10.4 Å². The molecule has 1 amide bonds. The zero-order valence-corrected chi connectivity index (χ0v) is 17.0. The second-order valence-electron chi connectivity index (χ2n) is 6.45. The molecule has 0 N–H and O–H groups in total. The number of benzene rings is 2. The molecule has 2 aromatic rings. The Kier molecular flexibility index (Phi) is 6.29. The van der Waals surface area contributed by atoms with E-state index >= 15 is 0 Å². The number of carbonyl (C=O) groups excluding carboxylic acids is 1. The maximum atomic E-state index is 13.3. The first kappa shape index (κ1) is 20.0. The molecule has 0 radical (unpaired) electrons. The SMILES string of the molecule is O=C(Cc1ccc(F)c(Br)c1)N1CCN(S(=O)(=O)Cc2ccccc2)CC1. The molecule has 144 valence electrons. The number of halogens is 2. The molecule has 0 atom stereocenters. The summed E-state index contributed by atoms with van der Waals surface area (Å²) in [7, 11) is -3.41. The molecular formula is C19H20BrFN2O3S. The van der Waals surface area contributed by atoms with Crippen LogP contribution in [0.3, 0.4) is 0 Å². The molecule has 8 heteroatoms. The van der Waals surface area contributed by atoms with Gasteiger partial charge in [0.15, 0.2) is 0 Å². The number of carbonyl (C=O) groups is 1. The second kappa shape index (κ2) is 8.50. The first-order chi connectivity index (χ1) is 12.8. The zero-order valence-electron chi connectivity index (χ0n) is 14.6. The molecule has 1 heterocycles. The summed E-state index contributed by atoms with van der Waals surface area (Å²) in [5.74, 6) is -0.497. The molecular weight excluding hydrogens is 435 g/mol. The van der Waals surface area contributed by atoms with Gasteiger partial charge in [0, 0.05) is 26.2 Å². The van der Waals surface area contributed by atoms with Crippen LogP contribution >= 0.6 is 15.9 Å². The summed E-state index contributed by atoms with van der Waals surface area (Å²) in [6, 6.07) is 13.5. The predicted octanol–water partition coefficient (Wildman–Crippen LogP) is 2.80. The molecule has 0 spiro atoms. The maximum Gasteiger partial charge on any atom is 0.227 e. The highest BCUT2D eigenvalue weighted by Crippen LogP contribution is 2.18. The van der Waals surface area contributed by atoms with Gasteiger partial charge in [-0.3, -0.25) is 4.79 Å². The highest BCUT2D eigenvalue weighted by molar-refractivity contribution is 9.10. The van der Waals surface area contributed by atoms with E-state index in [1.54, 1.807) is 29.2 Å². The van der Waals surface area contributed by atoms with Crippen molar-refractivity contribution in [1.29, 1.82) is 0 Å². The van der Waals surface area contributed by atoms with Gasteiger partial charge < -0.3 is 4.90 Å². The van der Waals surface area contributed by atoms with Crippen LogP contribution < -0.4 is 0 Å². The van der Waals surface area contributed by atoms with Gasteiger partial charge in [-0.05, 0) is 39.2 Å². The molecule has 27 heavy (non-hydrogen) atoms. The highest BCUT2D eigenvalue weighted by Gasteiger charge is 2.28. The van der Waals surface area contributed by atoms with Crippen LogP contribution in [-0.4, -0.2) is 49.7 Å². The third-order valence-electron chi connectivity index (χ3n) is 4.52. The topological polar surface area (TPSA) is 57.7 Å². The summed E-state index contributed by atoms with van der Waals surface area (Å²) < 4.78 is 40.2. The number of rotatable bonds is 5. The summed E-state index contributed by atoms with van der Waals surface area (Å²) in [5, 5.41) is 0. The van der Waals surface area contributed by atoms with Crippen molar-refractivity contribution in [3.8, 4) is 0 Å². The fourth-order valence-electron chi connectivity index (χ4n) is 3.03. The lowest BCUT2D eigenvalue weighted by atomic mass is 10.1. The van der Waals surface area contributed by atoms with Crippen LogP contribution in [0.2, 0.25) is 0 Å². The van der Waals surface area contributed by atoms with Crippen LogP contribution in [0.25, 0.3) is 0 Å². The van der Waals surface area contributed by atoms with Crippen LogP contribution in [0.1, 0.15) is 11.1 Å². The smallest absolute Gasteiger partial charge is 0.227 e. The molecule has 1 saturated heterocycles. The van der Waals surface area contributed by atoms with Gasteiger partial charge in [0.05, 0.1) is 16.6 Å². The van der Waals surface area contributed by atoms with E-state index in [0.717, 1.165) is 5.56 Å². The lowest BCUT2D eigenvalue weighted by molar-refractivity contribution is -0.131. The van der Waals surface area contributed by atoms with Crippen LogP contribution in [0, 0.1) is 5.82 Å². The monoisotopic (exact) mass is 454 g/mol. The Balaban J connectivity index is 1.56. The number of nitrogens with zero attached hydrogens (tertiary/aromatic N) is 2. The van der Waals surface area contributed by atoms with Gasteiger partial charge in [0.2, 0.25) is 15.9 Å². The van der Waals surface area contributed by atoms with Crippen molar-refractivity contribution in [2.24, 2.45) is 0 Å². The Hall–Kier alpha value is -1.77. The molecule has 0 aliphatic carbocycles. The predicted molar refractivity (Wildman–Crippen MR) is 105 cm³/mol. The molecule has 2 aromatic carbocycles. The summed E-state index contributed by atoms with van der Waals surface area (Å²) >= 11 is 3.12. The highest BCUT2D eigenvalue weighted by atomic mass is 79.9. The standard InChI is InChI=1S/C19H20BrFN2O3S/c20-17-12-16(6-7-18(17)21)13-19(24)22-8-10-23(11-9-22)27(25,26)14-15-4-2-1-3-5-15/h1-7,12H,8-11,13-14H2. The van der Waals surface area contributed by atoms with Crippen molar-refractivity contribution in [3.05, 3.63) is 69.9 Å². The van der Waals surface area contributed by atoms with Gasteiger partial charge in [0.25, 0.3) is 0 Å². The van der Waals surface area contributed by atoms with Crippen LogP contribution in [0.5, 0.6) is 0 Å². The van der Waals surface area contributed by atoms with Gasteiger partial charge in [-0.2, -0.15) is 4.31 Å². The fraction of sp³-hybridized carbons (Fsp3) is 0.316. The van der Waals surface area contributed by atoms with Crippen molar-refractivity contribution in [3.63, 3.8) is 0 Å². The number of hydrogen-bond donors (Lipinski definition) is 0. The van der Waals surface area contributed by atoms with Crippen molar-refractivity contribution in [2.45, 2.75) is 12.2 Å². The number of hydrogen-bond acceptors (Lipinski definition) is 3. The third kappa shape index (κ3) is 5.15. The Labute approximate surface area is 167 Å². The zero-order chi connectivity index (χ0) is 19.4. The lowest BCUT2D eigenvalue weighted by Gasteiger charge is -2.34. The van der Waals surface area contributed by atoms with Crippen LogP contribution in [-0.2, 0) is 27.0 Å². The first-order valence-electron chi connectivity index (χ1n) is 8.58. The van der Waals surface area contributed by atoms with E-state index in [1.807, 2.05) is 18.2 Å². The van der Waals surface area contributed by atoms with E-state index in [9.17, 15) is 17.6 Å². The van der Waals surface area contributed by atoms with Crippen molar-refractivity contribution in [2.75, 3.05) is 26.2 Å². The van der Waals surface area contributed by atoms with E-state index in [-0.39, 0.29) is 37.0 Å². The minimum absolute atomic E-state index is 0.0363. The third-order valence-corrected chi connectivity index (χ3v) is 6.97. The van der Waals surface area contributed by atoms with E-state index < -0.39 is 10.0 Å². The van der Waals surface area contributed by atoms with Crippen molar-refractivity contribution >= 4 is 31.9 Å².